The van der Waals surface area contributed by atoms with E-state index < -0.39 is 29.7 Å². The van der Waals surface area contributed by atoms with Gasteiger partial charge in [-0.05, 0) is 24.3 Å². The molecule has 4 N–H and O–H groups in total. The van der Waals surface area contributed by atoms with E-state index in [9.17, 15) is 24.0 Å². The normalized spacial score (nSPS) is 14.7. The summed E-state index contributed by atoms with van der Waals surface area (Å²) in [5.74, 6) is -3.46. The van der Waals surface area contributed by atoms with Gasteiger partial charge in [-0.15, -0.1) is 0 Å². The van der Waals surface area contributed by atoms with Crippen LogP contribution in [0.4, 0.5) is 5.69 Å². The highest BCUT2D eigenvalue weighted by molar-refractivity contribution is 6.34. The largest absolute Gasteiger partial charge is 0.370 e. The molecule has 11 heteroatoms. The predicted octanol–water partition coefficient (Wildman–Crippen LogP) is -2.16. The van der Waals surface area contributed by atoms with Crippen LogP contribution in [0.25, 0.3) is 0 Å². The number of ether oxygens (including phenoxy) is 1. The second kappa shape index (κ2) is 9.64. The number of morpholine rings is 1. The summed E-state index contributed by atoms with van der Waals surface area (Å²) in [6.45, 7) is 0.557. The van der Waals surface area contributed by atoms with Gasteiger partial charge >= 0.3 is 11.8 Å². The molecule has 0 radical (unpaired) electrons. The van der Waals surface area contributed by atoms with Crippen LogP contribution in [0.5, 0.6) is 0 Å². The monoisotopic (exact) mass is 405 g/mol. The van der Waals surface area contributed by atoms with Crippen LogP contribution >= 0.6 is 0 Å². The molecule has 11 nitrogen and oxygen atoms in total. The molecule has 1 aliphatic rings. The molecule has 1 fully saturated rings. The Balaban J connectivity index is 2.07. The van der Waals surface area contributed by atoms with Crippen LogP contribution < -0.4 is 21.3 Å². The first-order chi connectivity index (χ1) is 13.7. The molecule has 0 aliphatic carbocycles. The van der Waals surface area contributed by atoms with Crippen molar-refractivity contribution in [2.75, 3.05) is 45.3 Å². The Morgan fingerprint density at radius 3 is 2.41 bits per heavy atom. The molecule has 29 heavy (non-hydrogen) atoms. The van der Waals surface area contributed by atoms with Gasteiger partial charge in [0.25, 0.3) is 11.8 Å². The van der Waals surface area contributed by atoms with E-state index in [4.69, 9.17) is 10.5 Å². The quantitative estimate of drug-likeness (QED) is 0.459. The van der Waals surface area contributed by atoms with Crippen LogP contribution in [0.2, 0.25) is 0 Å². The zero-order valence-corrected chi connectivity index (χ0v) is 16.1. The van der Waals surface area contributed by atoms with Crippen molar-refractivity contribution in [2.45, 2.75) is 6.04 Å². The number of carbonyl (C=O) groups excluding carboxylic acids is 5. The molecule has 0 saturated carbocycles. The molecule has 1 atom stereocenters. The lowest BCUT2D eigenvalue weighted by atomic mass is 10.1. The van der Waals surface area contributed by atoms with E-state index in [0.717, 1.165) is 0 Å². The Labute approximate surface area is 167 Å². The maximum absolute atomic E-state index is 12.5. The standard InChI is InChI=1S/C18H23N5O6/c1-22(2)18(28)13(9-20-17(27)15(19)25)21-16(26)11-3-5-12(6-4-11)23-7-8-29-10-14(23)24/h3-6,13H,7-10H2,1-2H3,(H2,19,25)(H,20,27)(H,21,26)/t13-/m0/s1. The lowest BCUT2D eigenvalue weighted by molar-refractivity contribution is -0.137. The Bertz CT molecular complexity index is 807. The first-order valence-electron chi connectivity index (χ1n) is 8.78. The summed E-state index contributed by atoms with van der Waals surface area (Å²) >= 11 is 0. The van der Waals surface area contributed by atoms with Crippen molar-refractivity contribution < 1.29 is 28.7 Å². The first kappa shape index (κ1) is 21.8. The van der Waals surface area contributed by atoms with E-state index in [1.165, 1.54) is 31.1 Å². The van der Waals surface area contributed by atoms with E-state index in [2.05, 4.69) is 10.6 Å². The number of nitrogens with two attached hydrogens (primary N) is 1. The van der Waals surface area contributed by atoms with E-state index in [1.54, 1.807) is 17.0 Å². The summed E-state index contributed by atoms with van der Waals surface area (Å²) in [6.07, 6.45) is 0. The third-order valence-electron chi connectivity index (χ3n) is 4.16. The molecule has 156 valence electrons. The Hall–Kier alpha value is -3.47. The Kier molecular flexibility index (Phi) is 7.26. The van der Waals surface area contributed by atoms with Crippen molar-refractivity contribution in [1.82, 2.24) is 15.5 Å². The highest BCUT2D eigenvalue weighted by atomic mass is 16.5. The fourth-order valence-corrected chi connectivity index (χ4v) is 2.62. The van der Waals surface area contributed by atoms with Crippen molar-refractivity contribution in [3.63, 3.8) is 0 Å². The molecule has 5 amide bonds. The number of likely N-dealkylation sites (N-methyl/N-ethyl adjacent to an activating group) is 1. The average molecular weight is 405 g/mol. The minimum atomic E-state index is -1.19. The van der Waals surface area contributed by atoms with Crippen LogP contribution in [-0.4, -0.2) is 80.9 Å². The summed E-state index contributed by atoms with van der Waals surface area (Å²) < 4.78 is 5.09. The highest BCUT2D eigenvalue weighted by Crippen LogP contribution is 2.17. The highest BCUT2D eigenvalue weighted by Gasteiger charge is 2.25. The van der Waals surface area contributed by atoms with Crippen LogP contribution in [0.1, 0.15) is 10.4 Å². The zero-order chi connectivity index (χ0) is 21.6. The topological polar surface area (TPSA) is 151 Å². The van der Waals surface area contributed by atoms with E-state index in [0.29, 0.717) is 18.8 Å². The molecule has 1 saturated heterocycles. The summed E-state index contributed by atoms with van der Waals surface area (Å²) in [5.41, 5.74) is 5.75. The zero-order valence-electron chi connectivity index (χ0n) is 16.1. The predicted molar refractivity (Wildman–Crippen MR) is 102 cm³/mol. The van der Waals surface area contributed by atoms with Gasteiger partial charge in [0.1, 0.15) is 12.6 Å². The number of carbonyl (C=O) groups is 5. The number of nitrogens with zero attached hydrogens (tertiary/aromatic N) is 2. The van der Waals surface area contributed by atoms with Gasteiger partial charge in [-0.2, -0.15) is 0 Å². The molecule has 1 aliphatic heterocycles. The van der Waals surface area contributed by atoms with Gasteiger partial charge in [0.2, 0.25) is 5.91 Å². The van der Waals surface area contributed by atoms with Gasteiger partial charge in [0.05, 0.1) is 6.61 Å². The van der Waals surface area contributed by atoms with Crippen LogP contribution in [0.3, 0.4) is 0 Å². The van der Waals surface area contributed by atoms with Crippen LogP contribution in [0.15, 0.2) is 24.3 Å². The third kappa shape index (κ3) is 5.75. The van der Waals surface area contributed by atoms with Crippen molar-refractivity contribution in [3.8, 4) is 0 Å². The Morgan fingerprint density at radius 2 is 1.86 bits per heavy atom. The van der Waals surface area contributed by atoms with Gasteiger partial charge in [0.15, 0.2) is 0 Å². The van der Waals surface area contributed by atoms with Gasteiger partial charge in [-0.1, -0.05) is 0 Å². The number of nitrogens with one attached hydrogen (secondary N) is 2. The summed E-state index contributed by atoms with van der Waals surface area (Å²) in [6, 6.07) is 5.19. The lowest BCUT2D eigenvalue weighted by Gasteiger charge is -2.27. The first-order valence-corrected chi connectivity index (χ1v) is 8.78. The second-order valence-corrected chi connectivity index (χ2v) is 6.48. The Morgan fingerprint density at radius 1 is 1.21 bits per heavy atom. The molecule has 1 aromatic rings. The number of rotatable bonds is 6. The van der Waals surface area contributed by atoms with Gasteiger partial charge in [0, 0.05) is 38.4 Å². The molecule has 1 aromatic carbocycles. The molecule has 0 spiro atoms. The summed E-state index contributed by atoms with van der Waals surface area (Å²) in [5, 5.41) is 4.72. The number of benzene rings is 1. The van der Waals surface area contributed by atoms with Crippen molar-refractivity contribution >= 4 is 35.2 Å². The van der Waals surface area contributed by atoms with Gasteiger partial charge in [-0.25, -0.2) is 0 Å². The molecule has 0 unspecified atom stereocenters. The van der Waals surface area contributed by atoms with E-state index in [-0.39, 0.29) is 24.6 Å². The number of hydrogen-bond acceptors (Lipinski definition) is 6. The number of amides is 5. The maximum Gasteiger partial charge on any atom is 0.309 e. The van der Waals surface area contributed by atoms with Gasteiger partial charge in [-0.3, -0.25) is 24.0 Å². The van der Waals surface area contributed by atoms with Crippen molar-refractivity contribution in [2.24, 2.45) is 5.73 Å². The average Bonchev–Trinajstić information content (AvgIpc) is 2.70. The molecular weight excluding hydrogens is 382 g/mol. The lowest BCUT2D eigenvalue weighted by Crippen LogP contribution is -2.53. The molecule has 0 aromatic heterocycles. The molecule has 1 heterocycles. The van der Waals surface area contributed by atoms with Crippen LogP contribution in [-0.2, 0) is 23.9 Å². The minimum Gasteiger partial charge on any atom is -0.370 e. The maximum atomic E-state index is 12.5. The smallest absolute Gasteiger partial charge is 0.309 e. The van der Waals surface area contributed by atoms with Crippen LogP contribution in [0, 0.1) is 0 Å². The van der Waals surface area contributed by atoms with Gasteiger partial charge < -0.3 is 30.9 Å². The van der Waals surface area contributed by atoms with Crippen molar-refractivity contribution in [1.29, 1.82) is 0 Å². The van der Waals surface area contributed by atoms with Crippen molar-refractivity contribution in [3.05, 3.63) is 29.8 Å². The second-order valence-electron chi connectivity index (χ2n) is 6.48. The fraction of sp³-hybridized carbons (Fsp3) is 0.389. The fourth-order valence-electron chi connectivity index (χ4n) is 2.62. The third-order valence-corrected chi connectivity index (χ3v) is 4.16. The molecular formula is C18H23N5O6. The van der Waals surface area contributed by atoms with E-state index in [1.807, 2.05) is 0 Å². The number of primary amides is 1. The number of anilines is 1. The number of hydrogen-bond donors (Lipinski definition) is 3. The summed E-state index contributed by atoms with van der Waals surface area (Å²) in [7, 11) is 2.98. The molecule has 2 rings (SSSR count). The SMILES string of the molecule is CN(C)C(=O)[C@H](CNC(=O)C(N)=O)NC(=O)c1ccc(N2CCOCC2=O)cc1. The molecule has 0 bridgehead atoms. The minimum absolute atomic E-state index is 0.00753. The van der Waals surface area contributed by atoms with E-state index >= 15 is 0 Å². The summed E-state index contributed by atoms with van der Waals surface area (Å²) in [4.78, 5) is 61.7.